The molecule has 0 aromatic carbocycles. The van der Waals surface area contributed by atoms with Gasteiger partial charge < -0.3 is 19.9 Å². The molecule has 0 aliphatic carbocycles. The fourth-order valence-corrected chi connectivity index (χ4v) is 2.46. The maximum Gasteiger partial charge on any atom is 0.459 e. The fourth-order valence-electron chi connectivity index (χ4n) is 2.46. The van der Waals surface area contributed by atoms with Gasteiger partial charge in [-0.25, -0.2) is 9.18 Å². The van der Waals surface area contributed by atoms with Crippen molar-refractivity contribution < 1.29 is 41.4 Å². The number of nitrogens with zero attached hydrogens (tertiary/aromatic N) is 2. The molecule has 2 N–H and O–H groups in total. The van der Waals surface area contributed by atoms with Gasteiger partial charge in [-0.15, -0.1) is 0 Å². The van der Waals surface area contributed by atoms with Crippen LogP contribution >= 0.6 is 0 Å². The minimum absolute atomic E-state index is 0.398. The summed E-state index contributed by atoms with van der Waals surface area (Å²) >= 11 is 0. The Morgan fingerprint density at radius 3 is 2.63 bits per heavy atom. The van der Waals surface area contributed by atoms with Crippen molar-refractivity contribution in [1.29, 1.82) is 0 Å². The van der Waals surface area contributed by atoms with Gasteiger partial charge in [-0.05, 0) is 0 Å². The molecule has 1 saturated heterocycles. The van der Waals surface area contributed by atoms with Crippen molar-refractivity contribution in [2.24, 2.45) is 0 Å². The van der Waals surface area contributed by atoms with E-state index in [0.29, 0.717) is 10.8 Å². The Bertz CT molecular complexity index is 811. The summed E-state index contributed by atoms with van der Waals surface area (Å²) in [7, 11) is 0. The first kappa shape index (κ1) is 20.6. The molecule has 2 heterocycles. The Morgan fingerprint density at radius 2 is 2.11 bits per heavy atom. The number of nitrogens with two attached hydrogens (primary N) is 1. The van der Waals surface area contributed by atoms with Crippen molar-refractivity contribution in [1.82, 2.24) is 9.55 Å². The van der Waals surface area contributed by atoms with E-state index in [2.05, 4.69) is 14.5 Å². The number of nitrogen functional groups attached to an aromatic ring is 1. The number of hydrogen-bond acceptors (Lipinski definition) is 8. The van der Waals surface area contributed by atoms with Crippen LogP contribution in [0.1, 0.15) is 32.9 Å². The molecule has 1 aromatic heterocycles. The van der Waals surface area contributed by atoms with E-state index in [4.69, 9.17) is 10.5 Å². The van der Waals surface area contributed by atoms with Crippen LogP contribution in [0.3, 0.4) is 0 Å². The van der Waals surface area contributed by atoms with Crippen LogP contribution < -0.4 is 11.4 Å². The largest absolute Gasteiger partial charge is 0.459 e. The molecular formula is C14H15F4N3O6. The lowest BCUT2D eigenvalue weighted by Gasteiger charge is -2.34. The van der Waals surface area contributed by atoms with Crippen molar-refractivity contribution in [2.45, 2.75) is 51.0 Å². The van der Waals surface area contributed by atoms with E-state index >= 15 is 0 Å². The Hall–Kier alpha value is -2.70. The first-order valence-electron chi connectivity index (χ1n) is 7.59. The molecule has 0 unspecified atom stereocenters. The van der Waals surface area contributed by atoms with E-state index in [9.17, 15) is 31.9 Å². The third-order valence-corrected chi connectivity index (χ3v) is 3.65. The van der Waals surface area contributed by atoms with Gasteiger partial charge >= 0.3 is 29.6 Å². The molecule has 1 aliphatic heterocycles. The lowest BCUT2D eigenvalue weighted by Crippen LogP contribution is -2.57. The van der Waals surface area contributed by atoms with Gasteiger partial charge in [-0.3, -0.25) is 14.2 Å². The molecule has 1 fully saturated rings. The van der Waals surface area contributed by atoms with Crippen molar-refractivity contribution in [3.63, 3.8) is 0 Å². The van der Waals surface area contributed by atoms with Gasteiger partial charge in [0.1, 0.15) is 6.23 Å². The van der Waals surface area contributed by atoms with Gasteiger partial charge in [0.2, 0.25) is 0 Å². The number of hydrogen-bond donors (Lipinski definition) is 1. The van der Waals surface area contributed by atoms with Crippen LogP contribution in [-0.4, -0.2) is 39.6 Å². The van der Waals surface area contributed by atoms with Gasteiger partial charge in [0, 0.05) is 19.8 Å². The van der Waals surface area contributed by atoms with Crippen molar-refractivity contribution in [2.75, 3.05) is 5.73 Å². The van der Waals surface area contributed by atoms with Crippen LogP contribution in [0.2, 0.25) is 0 Å². The zero-order chi connectivity index (χ0) is 20.6. The van der Waals surface area contributed by atoms with Crippen LogP contribution in [0.5, 0.6) is 0 Å². The lowest BCUT2D eigenvalue weighted by atomic mass is 10.1. The molecule has 0 spiro atoms. The summed E-state index contributed by atoms with van der Waals surface area (Å²) in [6.07, 6.45) is -9.97. The first-order valence-corrected chi connectivity index (χ1v) is 7.59. The molecule has 27 heavy (non-hydrogen) atoms. The molecule has 0 radical (unpaired) electrons. The van der Waals surface area contributed by atoms with Gasteiger partial charge in [0.05, 0.1) is 6.20 Å². The van der Waals surface area contributed by atoms with Crippen molar-refractivity contribution in [3.05, 3.63) is 22.5 Å². The topological polar surface area (TPSA) is 123 Å². The highest BCUT2D eigenvalue weighted by Crippen LogP contribution is 2.49. The molecule has 13 heteroatoms. The number of ether oxygens (including phenoxy) is 3. The number of halogens is 4. The monoisotopic (exact) mass is 397 g/mol. The molecule has 0 saturated carbocycles. The minimum Gasteiger partial charge on any atom is -0.455 e. The van der Waals surface area contributed by atoms with E-state index in [0.717, 1.165) is 6.92 Å². The second-order valence-corrected chi connectivity index (χ2v) is 5.56. The van der Waals surface area contributed by atoms with Gasteiger partial charge in [-0.1, -0.05) is 6.92 Å². The van der Waals surface area contributed by atoms with E-state index in [1.165, 1.54) is 6.92 Å². The molecule has 1 aliphatic rings. The first-order chi connectivity index (χ1) is 12.4. The number of alkyl halides is 3. The predicted octanol–water partition coefficient (Wildman–Crippen LogP) is 1.03. The van der Waals surface area contributed by atoms with Gasteiger partial charge in [-0.2, -0.15) is 18.2 Å². The molecule has 0 amide bonds. The molecule has 3 atom stereocenters. The van der Waals surface area contributed by atoms with E-state index in [-0.39, 0.29) is 0 Å². The highest BCUT2D eigenvalue weighted by Gasteiger charge is 2.71. The minimum atomic E-state index is -5.34. The molecule has 1 aromatic rings. The normalized spacial score (nSPS) is 25.3. The van der Waals surface area contributed by atoms with Gasteiger partial charge in [0.25, 0.3) is 0 Å². The molecule has 150 valence electrons. The highest BCUT2D eigenvalue weighted by atomic mass is 19.4. The fraction of sp³-hybridized carbons (Fsp3) is 0.571. The number of esters is 2. The average molecular weight is 397 g/mol. The Kier molecular flexibility index (Phi) is 5.45. The van der Waals surface area contributed by atoms with Crippen LogP contribution in [-0.2, 0) is 23.8 Å². The standard InChI is InChI=1S/C14H15F4N3O6/c1-3-10(23)27-13(14(16,17)18)8(25-6(2)22)4-9(26-13)21-5-7(15)11(19)20-12(21)24/h5,8-9H,3-4H2,1-2H3,(H2,19,20,24)/t8-,9+,13+/m0/s1. The maximum atomic E-state index is 13.8. The number of carbonyl (C=O) groups is 2. The summed E-state index contributed by atoms with van der Waals surface area (Å²) < 4.78 is 69.2. The number of carbonyl (C=O) groups excluding carboxylic acids is 2. The Morgan fingerprint density at radius 1 is 1.48 bits per heavy atom. The number of anilines is 1. The summed E-state index contributed by atoms with van der Waals surface area (Å²) in [5.41, 5.74) is 3.92. The van der Waals surface area contributed by atoms with Crippen LogP contribution in [0.25, 0.3) is 0 Å². The van der Waals surface area contributed by atoms with E-state index in [1.807, 2.05) is 0 Å². The van der Waals surface area contributed by atoms with Crippen molar-refractivity contribution >= 4 is 17.8 Å². The van der Waals surface area contributed by atoms with E-state index in [1.54, 1.807) is 0 Å². The third kappa shape index (κ3) is 3.86. The summed E-state index contributed by atoms with van der Waals surface area (Å²) in [4.78, 5) is 37.8. The molecule has 9 nitrogen and oxygen atoms in total. The summed E-state index contributed by atoms with van der Waals surface area (Å²) in [5.74, 6) is -8.02. The zero-order valence-corrected chi connectivity index (χ0v) is 14.1. The zero-order valence-electron chi connectivity index (χ0n) is 14.1. The van der Waals surface area contributed by atoms with Crippen LogP contribution in [0.15, 0.2) is 11.0 Å². The SMILES string of the molecule is CCC(=O)O[C@]1(C(F)(F)F)O[C@@H](n2cc(F)c(N)nc2=O)C[C@@H]1OC(C)=O. The van der Waals surface area contributed by atoms with Crippen LogP contribution in [0.4, 0.5) is 23.4 Å². The second-order valence-electron chi connectivity index (χ2n) is 5.56. The summed E-state index contributed by atoms with van der Waals surface area (Å²) in [6, 6.07) is 0. The van der Waals surface area contributed by atoms with E-state index < -0.39 is 66.4 Å². The Balaban J connectivity index is 2.54. The smallest absolute Gasteiger partial charge is 0.455 e. The molecule has 0 bridgehead atoms. The summed E-state index contributed by atoms with van der Waals surface area (Å²) in [5, 5.41) is 0. The van der Waals surface area contributed by atoms with Gasteiger partial charge in [0.15, 0.2) is 17.7 Å². The number of aromatic nitrogens is 2. The quantitative estimate of drug-likeness (QED) is 0.590. The molecular weight excluding hydrogens is 382 g/mol. The predicted molar refractivity (Wildman–Crippen MR) is 78.3 cm³/mol. The maximum absolute atomic E-state index is 13.8. The Labute approximate surface area is 149 Å². The number of rotatable bonds is 4. The summed E-state index contributed by atoms with van der Waals surface area (Å²) in [6.45, 7) is 2.08. The van der Waals surface area contributed by atoms with Crippen molar-refractivity contribution in [3.8, 4) is 0 Å². The average Bonchev–Trinajstić information content (AvgIpc) is 2.89. The second kappa shape index (κ2) is 7.13. The van der Waals surface area contributed by atoms with Crippen LogP contribution in [0, 0.1) is 5.82 Å². The molecule has 2 rings (SSSR count). The highest BCUT2D eigenvalue weighted by molar-refractivity contribution is 5.70. The lowest BCUT2D eigenvalue weighted by molar-refractivity contribution is -0.383. The third-order valence-electron chi connectivity index (χ3n) is 3.65.